The molecule has 0 unspecified atom stereocenters. The van der Waals surface area contributed by atoms with Gasteiger partial charge in [-0.2, -0.15) is 0 Å². The zero-order chi connectivity index (χ0) is 17.9. The van der Waals surface area contributed by atoms with E-state index in [1.807, 2.05) is 4.90 Å². The Bertz CT molecular complexity index is 667. The van der Waals surface area contributed by atoms with Gasteiger partial charge in [0.1, 0.15) is 0 Å². The molecule has 142 valence electrons. The number of nitrogens with one attached hydrogen (secondary N) is 2. The lowest BCUT2D eigenvalue weighted by Crippen LogP contribution is -2.46. The number of hydrogen-bond donors (Lipinski definition) is 2. The molecule has 4 heterocycles. The minimum atomic E-state index is 0.0301. The second-order valence-electron chi connectivity index (χ2n) is 7.02. The van der Waals surface area contributed by atoms with E-state index >= 15 is 0 Å². The van der Waals surface area contributed by atoms with E-state index in [1.54, 1.807) is 11.3 Å². The van der Waals surface area contributed by atoms with Crippen LogP contribution in [-0.2, 0) is 27.3 Å². The van der Waals surface area contributed by atoms with Crippen molar-refractivity contribution in [2.75, 3.05) is 57.8 Å². The number of aromatic nitrogens is 1. The smallest absolute Gasteiger partial charge is 0.237 e. The Hall–Kier alpha value is -1.55. The number of amides is 2. The number of nitrogens with zero attached hydrogens (tertiary/aromatic N) is 3. The summed E-state index contributed by atoms with van der Waals surface area (Å²) in [7, 11) is 0. The van der Waals surface area contributed by atoms with Crippen LogP contribution in [0.1, 0.15) is 17.0 Å². The topological polar surface area (TPSA) is 86.8 Å². The Kier molecular flexibility index (Phi) is 5.49. The van der Waals surface area contributed by atoms with Gasteiger partial charge in [0.2, 0.25) is 11.8 Å². The van der Waals surface area contributed by atoms with Crippen LogP contribution in [-0.4, -0.2) is 79.1 Å². The lowest BCUT2D eigenvalue weighted by molar-refractivity contribution is -0.134. The fraction of sp³-hybridized carbons (Fsp3) is 0.706. The molecular weight excluding hydrogens is 354 g/mol. The molecule has 0 aromatic carbocycles. The van der Waals surface area contributed by atoms with Crippen LogP contribution in [0.5, 0.6) is 0 Å². The van der Waals surface area contributed by atoms with Crippen molar-refractivity contribution in [1.82, 2.24) is 20.1 Å². The number of morpholine rings is 1. The van der Waals surface area contributed by atoms with Crippen molar-refractivity contribution in [2.24, 2.45) is 5.92 Å². The summed E-state index contributed by atoms with van der Waals surface area (Å²) >= 11 is 1.54. The fourth-order valence-corrected chi connectivity index (χ4v) is 4.56. The van der Waals surface area contributed by atoms with E-state index in [0.717, 1.165) is 51.3 Å². The first kappa shape index (κ1) is 17.8. The lowest BCUT2D eigenvalue weighted by atomic mass is 10.1. The summed E-state index contributed by atoms with van der Waals surface area (Å²) in [5, 5.41) is 6.82. The number of carbonyl (C=O) groups is 2. The predicted molar refractivity (Wildman–Crippen MR) is 98.1 cm³/mol. The highest BCUT2D eigenvalue weighted by molar-refractivity contribution is 7.15. The van der Waals surface area contributed by atoms with Crippen LogP contribution in [0.15, 0.2) is 0 Å². The maximum Gasteiger partial charge on any atom is 0.237 e. The van der Waals surface area contributed by atoms with Crippen LogP contribution in [0, 0.1) is 5.92 Å². The largest absolute Gasteiger partial charge is 0.379 e. The van der Waals surface area contributed by atoms with Crippen molar-refractivity contribution in [3.05, 3.63) is 10.6 Å². The number of carbonyl (C=O) groups excluding carboxylic acids is 2. The summed E-state index contributed by atoms with van der Waals surface area (Å²) in [5.74, 6) is 0.219. The molecule has 0 radical (unpaired) electrons. The second-order valence-corrected chi connectivity index (χ2v) is 8.11. The van der Waals surface area contributed by atoms with Crippen LogP contribution in [0.25, 0.3) is 0 Å². The number of ether oxygens (including phenoxy) is 1. The van der Waals surface area contributed by atoms with Crippen molar-refractivity contribution in [2.45, 2.75) is 19.4 Å². The van der Waals surface area contributed by atoms with Gasteiger partial charge in [0, 0.05) is 37.5 Å². The van der Waals surface area contributed by atoms with Crippen molar-refractivity contribution >= 4 is 28.3 Å². The molecule has 0 bridgehead atoms. The maximum absolute atomic E-state index is 12.6. The third-order valence-corrected chi connectivity index (χ3v) is 6.28. The number of rotatable bonds is 4. The minimum Gasteiger partial charge on any atom is -0.379 e. The summed E-state index contributed by atoms with van der Waals surface area (Å²) in [4.78, 5) is 34.6. The SMILES string of the molecule is O=C(Nc1nc2c(s1)CCN(C(=O)CN1CCOCC1)C2)[C@H]1CCNC1. The Labute approximate surface area is 156 Å². The van der Waals surface area contributed by atoms with E-state index in [1.165, 1.54) is 4.88 Å². The Morgan fingerprint density at radius 2 is 2.15 bits per heavy atom. The highest BCUT2D eigenvalue weighted by Gasteiger charge is 2.27. The average Bonchev–Trinajstić information content (AvgIpc) is 3.31. The summed E-state index contributed by atoms with van der Waals surface area (Å²) < 4.78 is 5.33. The molecule has 0 saturated carbocycles. The first-order chi connectivity index (χ1) is 12.7. The molecule has 3 aliphatic heterocycles. The molecule has 9 heteroatoms. The van der Waals surface area contributed by atoms with Gasteiger partial charge in [0.15, 0.2) is 5.13 Å². The number of anilines is 1. The summed E-state index contributed by atoms with van der Waals surface area (Å²) in [6.45, 7) is 6.36. The quantitative estimate of drug-likeness (QED) is 0.760. The van der Waals surface area contributed by atoms with Crippen LogP contribution >= 0.6 is 11.3 Å². The minimum absolute atomic E-state index is 0.0301. The van der Waals surface area contributed by atoms with E-state index in [-0.39, 0.29) is 17.7 Å². The Balaban J connectivity index is 1.33. The van der Waals surface area contributed by atoms with E-state index in [0.29, 0.717) is 31.4 Å². The molecule has 2 saturated heterocycles. The molecular formula is C17H25N5O3S. The second kappa shape index (κ2) is 7.99. The first-order valence-corrected chi connectivity index (χ1v) is 10.1. The van der Waals surface area contributed by atoms with Crippen LogP contribution in [0.4, 0.5) is 5.13 Å². The monoisotopic (exact) mass is 379 g/mol. The molecule has 26 heavy (non-hydrogen) atoms. The number of hydrogen-bond acceptors (Lipinski definition) is 7. The fourth-order valence-electron chi connectivity index (χ4n) is 3.60. The van der Waals surface area contributed by atoms with Gasteiger partial charge in [0.25, 0.3) is 0 Å². The van der Waals surface area contributed by atoms with E-state index in [9.17, 15) is 9.59 Å². The molecule has 1 aromatic heterocycles. The Morgan fingerprint density at radius 1 is 1.31 bits per heavy atom. The summed E-state index contributed by atoms with van der Waals surface area (Å²) in [6, 6.07) is 0. The lowest BCUT2D eigenvalue weighted by Gasteiger charge is -2.31. The molecule has 0 spiro atoms. The molecule has 0 aliphatic carbocycles. The van der Waals surface area contributed by atoms with Crippen molar-refractivity contribution in [3.8, 4) is 0 Å². The number of thiazole rings is 1. The summed E-state index contributed by atoms with van der Waals surface area (Å²) in [5.41, 5.74) is 0.927. The molecule has 4 rings (SSSR count). The van der Waals surface area contributed by atoms with Crippen molar-refractivity contribution in [3.63, 3.8) is 0 Å². The van der Waals surface area contributed by atoms with Crippen LogP contribution in [0.3, 0.4) is 0 Å². The highest BCUT2D eigenvalue weighted by atomic mass is 32.1. The third-order valence-electron chi connectivity index (χ3n) is 5.20. The van der Waals surface area contributed by atoms with Gasteiger partial charge in [-0.15, -0.1) is 11.3 Å². The standard InChI is InChI=1S/C17H25N5O3S/c23-15(11-21-5-7-25-8-6-21)22-4-2-14-13(10-22)19-17(26-14)20-16(24)12-1-3-18-9-12/h12,18H,1-11H2,(H,19,20,24)/t12-/m0/s1. The normalized spacial score (nSPS) is 23.7. The average molecular weight is 379 g/mol. The van der Waals surface area contributed by atoms with Gasteiger partial charge in [-0.3, -0.25) is 14.5 Å². The number of fused-ring (bicyclic) bond motifs is 1. The molecule has 2 amide bonds. The zero-order valence-electron chi connectivity index (χ0n) is 14.8. The molecule has 1 atom stereocenters. The molecule has 3 aliphatic rings. The Morgan fingerprint density at radius 3 is 2.92 bits per heavy atom. The van der Waals surface area contributed by atoms with Gasteiger partial charge in [-0.05, 0) is 13.0 Å². The first-order valence-electron chi connectivity index (χ1n) is 9.27. The predicted octanol–water partition coefficient (Wildman–Crippen LogP) is -0.0920. The van der Waals surface area contributed by atoms with Crippen LogP contribution < -0.4 is 10.6 Å². The molecule has 1 aromatic rings. The van der Waals surface area contributed by atoms with Gasteiger partial charge in [-0.1, -0.05) is 0 Å². The van der Waals surface area contributed by atoms with Crippen molar-refractivity contribution < 1.29 is 14.3 Å². The maximum atomic E-state index is 12.6. The van der Waals surface area contributed by atoms with Crippen LogP contribution in [0.2, 0.25) is 0 Å². The molecule has 2 fully saturated rings. The van der Waals surface area contributed by atoms with Gasteiger partial charge in [-0.25, -0.2) is 4.98 Å². The van der Waals surface area contributed by atoms with Gasteiger partial charge in [0.05, 0.1) is 37.9 Å². The van der Waals surface area contributed by atoms with E-state index in [2.05, 4.69) is 20.5 Å². The summed E-state index contributed by atoms with van der Waals surface area (Å²) in [6.07, 6.45) is 1.68. The van der Waals surface area contributed by atoms with Crippen molar-refractivity contribution in [1.29, 1.82) is 0 Å². The highest BCUT2D eigenvalue weighted by Crippen LogP contribution is 2.29. The third kappa shape index (κ3) is 4.06. The van der Waals surface area contributed by atoms with E-state index < -0.39 is 0 Å². The zero-order valence-corrected chi connectivity index (χ0v) is 15.6. The van der Waals surface area contributed by atoms with Gasteiger partial charge >= 0.3 is 0 Å². The molecule has 2 N–H and O–H groups in total. The van der Waals surface area contributed by atoms with Gasteiger partial charge < -0.3 is 20.3 Å². The molecule has 8 nitrogen and oxygen atoms in total. The van der Waals surface area contributed by atoms with E-state index in [4.69, 9.17) is 4.74 Å².